The van der Waals surface area contributed by atoms with Gasteiger partial charge in [-0.1, -0.05) is 61.5 Å². The lowest BCUT2D eigenvalue weighted by Gasteiger charge is -2.39. The van der Waals surface area contributed by atoms with Gasteiger partial charge < -0.3 is 29.5 Å². The van der Waals surface area contributed by atoms with Gasteiger partial charge in [-0.25, -0.2) is 4.79 Å². The predicted octanol–water partition coefficient (Wildman–Crippen LogP) is 7.33. The SMILES string of the molecule is CC1CN(C(=O)OC(C)(C)C)CC[C@H]1CN(C)CCOc1ccc(/C(=C(/CCCO)c2ccccc2)c2ccc(O)cc2)cc1. The van der Waals surface area contributed by atoms with Crippen LogP contribution in [0, 0.1) is 11.8 Å². The van der Waals surface area contributed by atoms with E-state index < -0.39 is 5.60 Å². The first kappa shape index (κ1) is 34.1. The maximum absolute atomic E-state index is 12.5. The van der Waals surface area contributed by atoms with E-state index in [-0.39, 0.29) is 18.4 Å². The second kappa shape index (κ2) is 16.0. The molecule has 3 aromatic carbocycles. The van der Waals surface area contributed by atoms with E-state index in [4.69, 9.17) is 9.47 Å². The molecule has 2 N–H and O–H groups in total. The molecule has 0 aliphatic carbocycles. The number of ether oxygens (including phenoxy) is 2. The Hall–Kier alpha value is -3.81. The molecule has 1 amide bonds. The number of aliphatic hydroxyl groups excluding tert-OH is 1. The number of allylic oxidation sites excluding steroid dienone is 1. The average molecular weight is 615 g/mol. The topological polar surface area (TPSA) is 82.5 Å². The van der Waals surface area contributed by atoms with Crippen LogP contribution in [0.2, 0.25) is 0 Å². The zero-order valence-electron chi connectivity index (χ0n) is 27.5. The third kappa shape index (κ3) is 10.1. The van der Waals surface area contributed by atoms with E-state index >= 15 is 0 Å². The minimum atomic E-state index is -0.477. The molecule has 1 aliphatic heterocycles. The zero-order chi connectivity index (χ0) is 32.4. The van der Waals surface area contributed by atoms with E-state index in [0.29, 0.717) is 24.9 Å². The van der Waals surface area contributed by atoms with Gasteiger partial charge in [0.15, 0.2) is 0 Å². The van der Waals surface area contributed by atoms with Crippen molar-refractivity contribution >= 4 is 17.2 Å². The van der Waals surface area contributed by atoms with Gasteiger partial charge >= 0.3 is 6.09 Å². The first-order valence-corrected chi connectivity index (χ1v) is 16.1. The third-order valence-electron chi connectivity index (χ3n) is 8.33. The number of hydrogen-bond acceptors (Lipinski definition) is 6. The van der Waals surface area contributed by atoms with Crippen molar-refractivity contribution in [1.82, 2.24) is 9.80 Å². The number of carbonyl (C=O) groups is 1. The van der Waals surface area contributed by atoms with Gasteiger partial charge in [0.05, 0.1) is 0 Å². The van der Waals surface area contributed by atoms with Gasteiger partial charge in [-0.05, 0) is 111 Å². The van der Waals surface area contributed by atoms with Crippen LogP contribution in [0.25, 0.3) is 11.1 Å². The van der Waals surface area contributed by atoms with Gasteiger partial charge in [0.25, 0.3) is 0 Å². The number of aliphatic hydroxyl groups is 1. The molecule has 7 nitrogen and oxygen atoms in total. The molecular formula is C38H50N2O5. The lowest BCUT2D eigenvalue weighted by Crippen LogP contribution is -2.47. The van der Waals surface area contributed by atoms with Gasteiger partial charge in [0, 0.05) is 32.8 Å². The Balaban J connectivity index is 1.38. The van der Waals surface area contributed by atoms with Gasteiger partial charge in [-0.3, -0.25) is 0 Å². The minimum Gasteiger partial charge on any atom is -0.508 e. The molecule has 1 aliphatic rings. The fourth-order valence-corrected chi connectivity index (χ4v) is 5.94. The van der Waals surface area contributed by atoms with Crippen LogP contribution in [-0.2, 0) is 4.74 Å². The Morgan fingerprint density at radius 2 is 1.60 bits per heavy atom. The molecule has 1 heterocycles. The number of phenolic OH excluding ortho intramolecular Hbond substituents is 1. The summed E-state index contributed by atoms with van der Waals surface area (Å²) in [6, 6.07) is 25.8. The summed E-state index contributed by atoms with van der Waals surface area (Å²) < 4.78 is 11.7. The number of phenols is 1. The zero-order valence-corrected chi connectivity index (χ0v) is 27.5. The first-order valence-electron chi connectivity index (χ1n) is 16.1. The van der Waals surface area contributed by atoms with Crippen LogP contribution in [0.4, 0.5) is 4.79 Å². The fourth-order valence-electron chi connectivity index (χ4n) is 5.94. The molecule has 242 valence electrons. The van der Waals surface area contributed by atoms with Crippen molar-refractivity contribution in [2.45, 2.75) is 52.6 Å². The van der Waals surface area contributed by atoms with E-state index in [1.54, 1.807) is 12.1 Å². The highest BCUT2D eigenvalue weighted by Crippen LogP contribution is 2.36. The molecule has 0 saturated carbocycles. The van der Waals surface area contributed by atoms with E-state index in [9.17, 15) is 15.0 Å². The Morgan fingerprint density at radius 1 is 0.956 bits per heavy atom. The molecular weight excluding hydrogens is 564 g/mol. The summed E-state index contributed by atoms with van der Waals surface area (Å²) in [5.74, 6) is 1.95. The Morgan fingerprint density at radius 3 is 2.20 bits per heavy atom. The van der Waals surface area contributed by atoms with Crippen molar-refractivity contribution in [1.29, 1.82) is 0 Å². The molecule has 2 atom stereocenters. The summed E-state index contributed by atoms with van der Waals surface area (Å²) in [6.07, 6.45) is 2.13. The number of benzene rings is 3. The predicted molar refractivity (Wildman–Crippen MR) is 181 cm³/mol. The van der Waals surface area contributed by atoms with Crippen molar-refractivity contribution in [3.05, 3.63) is 95.6 Å². The summed E-state index contributed by atoms with van der Waals surface area (Å²) in [5.41, 5.74) is 4.92. The number of aromatic hydroxyl groups is 1. The van der Waals surface area contributed by atoms with E-state index in [1.807, 2.05) is 68.1 Å². The normalized spacial score (nSPS) is 17.6. The van der Waals surface area contributed by atoms with Crippen LogP contribution in [0.5, 0.6) is 11.5 Å². The quantitative estimate of drug-likeness (QED) is 0.208. The fraction of sp³-hybridized carbons (Fsp3) is 0.447. The van der Waals surface area contributed by atoms with E-state index in [2.05, 4.69) is 43.1 Å². The Bertz CT molecular complexity index is 1380. The molecule has 1 saturated heterocycles. The van der Waals surface area contributed by atoms with Crippen molar-refractivity contribution < 1.29 is 24.5 Å². The molecule has 1 fully saturated rings. The number of likely N-dealkylation sites (N-methyl/N-ethyl adjacent to an activating group) is 1. The smallest absolute Gasteiger partial charge is 0.410 e. The molecule has 3 aromatic rings. The summed E-state index contributed by atoms with van der Waals surface area (Å²) in [5, 5.41) is 19.6. The molecule has 7 heteroatoms. The minimum absolute atomic E-state index is 0.116. The van der Waals surface area contributed by atoms with Crippen LogP contribution >= 0.6 is 0 Å². The van der Waals surface area contributed by atoms with Crippen molar-refractivity contribution in [2.24, 2.45) is 11.8 Å². The van der Waals surface area contributed by atoms with E-state index in [1.165, 1.54) is 0 Å². The lowest BCUT2D eigenvalue weighted by molar-refractivity contribution is 0.00938. The maximum Gasteiger partial charge on any atom is 0.410 e. The molecule has 0 radical (unpaired) electrons. The number of amides is 1. The van der Waals surface area contributed by atoms with Crippen molar-refractivity contribution in [3.8, 4) is 11.5 Å². The van der Waals surface area contributed by atoms with Crippen molar-refractivity contribution in [2.75, 3.05) is 46.4 Å². The number of hydrogen-bond donors (Lipinski definition) is 2. The van der Waals surface area contributed by atoms with Crippen LogP contribution in [0.15, 0.2) is 78.9 Å². The summed E-state index contributed by atoms with van der Waals surface area (Å²) >= 11 is 0. The molecule has 45 heavy (non-hydrogen) atoms. The second-order valence-electron chi connectivity index (χ2n) is 13.2. The maximum atomic E-state index is 12.5. The molecule has 1 unspecified atom stereocenters. The summed E-state index contributed by atoms with van der Waals surface area (Å²) in [4.78, 5) is 16.7. The number of likely N-dealkylation sites (tertiary alicyclic amines) is 1. The van der Waals surface area contributed by atoms with Crippen LogP contribution in [-0.4, -0.2) is 78.1 Å². The molecule has 0 aromatic heterocycles. The van der Waals surface area contributed by atoms with Crippen LogP contribution < -0.4 is 4.74 Å². The van der Waals surface area contributed by atoms with Gasteiger partial charge in [-0.15, -0.1) is 0 Å². The number of nitrogens with zero attached hydrogens (tertiary/aromatic N) is 2. The van der Waals surface area contributed by atoms with Crippen LogP contribution in [0.3, 0.4) is 0 Å². The summed E-state index contributed by atoms with van der Waals surface area (Å²) in [6.45, 7) is 11.8. The summed E-state index contributed by atoms with van der Waals surface area (Å²) in [7, 11) is 2.13. The highest BCUT2D eigenvalue weighted by Gasteiger charge is 2.31. The monoisotopic (exact) mass is 614 g/mol. The average Bonchev–Trinajstić information content (AvgIpc) is 3.01. The molecule has 4 rings (SSSR count). The van der Waals surface area contributed by atoms with Gasteiger partial charge in [0.2, 0.25) is 0 Å². The largest absolute Gasteiger partial charge is 0.508 e. The number of piperidine rings is 1. The first-order chi connectivity index (χ1) is 21.5. The highest BCUT2D eigenvalue weighted by atomic mass is 16.6. The number of rotatable bonds is 12. The standard InChI is InChI=1S/C38H50N2O5/c1-28-26-40(37(43)45-38(2,3)4)22-21-32(28)27-39(5)23-25-44-34-19-15-31(16-20-34)36(30-13-17-33(42)18-14-30)35(12-9-24-41)29-10-7-6-8-11-29/h6-8,10-11,13-20,28,32,41-42H,9,12,21-27H2,1-5H3/b36-35-/t28?,32-/m0/s1. The lowest BCUT2D eigenvalue weighted by atomic mass is 9.86. The van der Waals surface area contributed by atoms with Gasteiger partial charge in [-0.2, -0.15) is 0 Å². The van der Waals surface area contributed by atoms with Crippen molar-refractivity contribution in [3.63, 3.8) is 0 Å². The van der Waals surface area contributed by atoms with Gasteiger partial charge in [0.1, 0.15) is 23.7 Å². The Kier molecular flexibility index (Phi) is 12.1. The number of carbonyl (C=O) groups excluding carboxylic acids is 1. The van der Waals surface area contributed by atoms with E-state index in [0.717, 1.165) is 72.6 Å². The highest BCUT2D eigenvalue weighted by molar-refractivity contribution is 5.98. The Labute approximate surface area is 269 Å². The second-order valence-corrected chi connectivity index (χ2v) is 13.2. The third-order valence-corrected chi connectivity index (χ3v) is 8.33. The molecule has 0 spiro atoms. The molecule has 0 bridgehead atoms. The van der Waals surface area contributed by atoms with Crippen LogP contribution in [0.1, 0.15) is 63.6 Å².